The van der Waals surface area contributed by atoms with Crippen molar-refractivity contribution in [3.05, 3.63) is 35.6 Å². The molecule has 3 heteroatoms. The van der Waals surface area contributed by atoms with Crippen molar-refractivity contribution in [2.75, 3.05) is 0 Å². The van der Waals surface area contributed by atoms with Gasteiger partial charge in [-0.25, -0.2) is 4.39 Å². The van der Waals surface area contributed by atoms with Gasteiger partial charge >= 0.3 is 5.97 Å². The zero-order valence-electron chi connectivity index (χ0n) is 13.0. The van der Waals surface area contributed by atoms with Crippen LogP contribution >= 0.6 is 0 Å². The van der Waals surface area contributed by atoms with Crippen LogP contribution in [-0.2, 0) is 4.79 Å². The van der Waals surface area contributed by atoms with Crippen LogP contribution in [0.5, 0.6) is 0 Å². The molecule has 1 unspecified atom stereocenters. The molecule has 1 rings (SSSR count). The van der Waals surface area contributed by atoms with E-state index in [0.717, 1.165) is 12.8 Å². The van der Waals surface area contributed by atoms with Crippen LogP contribution in [0.1, 0.15) is 76.2 Å². The number of rotatable bonds is 11. The Morgan fingerprint density at radius 3 is 2.05 bits per heavy atom. The lowest BCUT2D eigenvalue weighted by atomic mass is 9.93. The summed E-state index contributed by atoms with van der Waals surface area (Å²) in [5, 5.41) is 9.30. The fraction of sp³-hybridized carbons (Fsp3) is 0.611. The summed E-state index contributed by atoms with van der Waals surface area (Å²) in [6.45, 7) is 2.21. The van der Waals surface area contributed by atoms with Crippen molar-refractivity contribution in [3.8, 4) is 0 Å². The van der Waals surface area contributed by atoms with Gasteiger partial charge in [-0.1, -0.05) is 70.4 Å². The van der Waals surface area contributed by atoms with Crippen LogP contribution in [0.3, 0.4) is 0 Å². The molecule has 118 valence electrons. The normalized spacial score (nSPS) is 12.3. The molecule has 1 aromatic rings. The number of aliphatic carboxylic acids is 1. The Morgan fingerprint density at radius 1 is 1.00 bits per heavy atom. The molecule has 0 aromatic heterocycles. The summed E-state index contributed by atoms with van der Waals surface area (Å²) >= 11 is 0. The predicted octanol–water partition coefficient (Wildman–Crippen LogP) is 5.52. The molecule has 2 nitrogen and oxygen atoms in total. The van der Waals surface area contributed by atoms with Crippen molar-refractivity contribution in [1.82, 2.24) is 0 Å². The van der Waals surface area contributed by atoms with E-state index in [4.69, 9.17) is 0 Å². The molecular formula is C18H27FO2. The summed E-state index contributed by atoms with van der Waals surface area (Å²) in [6, 6.07) is 5.83. The molecule has 0 aliphatic carbocycles. The van der Waals surface area contributed by atoms with Crippen molar-refractivity contribution < 1.29 is 14.3 Å². The Morgan fingerprint density at radius 2 is 1.52 bits per heavy atom. The molecule has 1 N–H and O–H groups in total. The minimum Gasteiger partial charge on any atom is -0.481 e. The van der Waals surface area contributed by atoms with Crippen LogP contribution < -0.4 is 0 Å². The van der Waals surface area contributed by atoms with Gasteiger partial charge in [0.05, 0.1) is 5.92 Å². The maximum Gasteiger partial charge on any atom is 0.310 e. The maximum atomic E-state index is 12.9. The second-order valence-electron chi connectivity index (χ2n) is 5.71. The highest BCUT2D eigenvalue weighted by Gasteiger charge is 2.19. The number of hydrogen-bond acceptors (Lipinski definition) is 1. The number of hydrogen-bond donors (Lipinski definition) is 1. The van der Waals surface area contributed by atoms with E-state index in [1.807, 2.05) is 0 Å². The Balaban J connectivity index is 2.26. The van der Waals surface area contributed by atoms with E-state index in [2.05, 4.69) is 6.92 Å². The van der Waals surface area contributed by atoms with Gasteiger partial charge in [-0.05, 0) is 24.1 Å². The van der Waals surface area contributed by atoms with Gasteiger partial charge < -0.3 is 5.11 Å². The molecule has 0 aliphatic rings. The van der Waals surface area contributed by atoms with E-state index in [9.17, 15) is 14.3 Å². The first-order chi connectivity index (χ1) is 10.1. The summed E-state index contributed by atoms with van der Waals surface area (Å²) in [5.41, 5.74) is 0.701. The molecule has 0 spiro atoms. The van der Waals surface area contributed by atoms with Crippen molar-refractivity contribution in [2.24, 2.45) is 0 Å². The fourth-order valence-electron chi connectivity index (χ4n) is 2.61. The van der Waals surface area contributed by atoms with Crippen molar-refractivity contribution >= 4 is 5.97 Å². The number of benzene rings is 1. The average molecular weight is 294 g/mol. The second kappa shape index (κ2) is 10.4. The summed E-state index contributed by atoms with van der Waals surface area (Å²) in [4.78, 5) is 11.3. The predicted molar refractivity (Wildman–Crippen MR) is 84.0 cm³/mol. The number of halogens is 1. The molecule has 0 saturated heterocycles. The molecule has 0 fully saturated rings. The van der Waals surface area contributed by atoms with Gasteiger partial charge in [0, 0.05) is 0 Å². The van der Waals surface area contributed by atoms with E-state index >= 15 is 0 Å². The Bertz CT molecular complexity index is 400. The van der Waals surface area contributed by atoms with E-state index < -0.39 is 11.9 Å². The van der Waals surface area contributed by atoms with Crippen molar-refractivity contribution in [3.63, 3.8) is 0 Å². The van der Waals surface area contributed by atoms with Gasteiger partial charge in [0.15, 0.2) is 0 Å². The van der Waals surface area contributed by atoms with Gasteiger partial charge in [0.2, 0.25) is 0 Å². The Labute approximate surface area is 127 Å². The van der Waals surface area contributed by atoms with Gasteiger partial charge in [-0.2, -0.15) is 0 Å². The molecule has 21 heavy (non-hydrogen) atoms. The Hall–Kier alpha value is -1.38. The number of carbonyl (C=O) groups is 1. The molecule has 1 atom stereocenters. The summed E-state index contributed by atoms with van der Waals surface area (Å²) in [7, 11) is 0. The highest BCUT2D eigenvalue weighted by molar-refractivity contribution is 5.75. The third-order valence-corrected chi connectivity index (χ3v) is 3.92. The smallest absolute Gasteiger partial charge is 0.310 e. The first-order valence-corrected chi connectivity index (χ1v) is 8.13. The average Bonchev–Trinajstić information content (AvgIpc) is 2.47. The first kappa shape index (κ1) is 17.7. The number of carboxylic acids is 1. The van der Waals surface area contributed by atoms with Crippen LogP contribution in [0.4, 0.5) is 4.39 Å². The van der Waals surface area contributed by atoms with E-state index in [-0.39, 0.29) is 5.82 Å². The highest BCUT2D eigenvalue weighted by Crippen LogP contribution is 2.23. The number of carboxylic acid groups (broad SMARTS) is 1. The third-order valence-electron chi connectivity index (χ3n) is 3.92. The van der Waals surface area contributed by atoms with Crippen molar-refractivity contribution in [1.29, 1.82) is 0 Å². The van der Waals surface area contributed by atoms with E-state index in [1.54, 1.807) is 12.1 Å². The lowest BCUT2D eigenvalue weighted by Gasteiger charge is -2.12. The summed E-state index contributed by atoms with van der Waals surface area (Å²) in [6.07, 6.45) is 10.2. The standard InChI is InChI=1S/C18H27FO2/c1-2-3-4-5-6-7-8-9-10-17(18(20)21)15-11-13-16(19)14-12-15/h11-14,17H,2-10H2,1H3,(H,20,21). The van der Waals surface area contributed by atoms with E-state index in [0.29, 0.717) is 12.0 Å². The summed E-state index contributed by atoms with van der Waals surface area (Å²) in [5.74, 6) is -1.65. The van der Waals surface area contributed by atoms with Gasteiger partial charge in [-0.15, -0.1) is 0 Å². The molecule has 0 radical (unpaired) electrons. The monoisotopic (exact) mass is 294 g/mol. The molecule has 0 bridgehead atoms. The molecule has 1 aromatic carbocycles. The zero-order chi connectivity index (χ0) is 15.5. The van der Waals surface area contributed by atoms with Crippen LogP contribution in [-0.4, -0.2) is 11.1 Å². The highest BCUT2D eigenvalue weighted by atomic mass is 19.1. The molecular weight excluding hydrogens is 267 g/mol. The summed E-state index contributed by atoms with van der Waals surface area (Å²) < 4.78 is 12.9. The molecule has 0 aliphatic heterocycles. The van der Waals surface area contributed by atoms with Gasteiger partial charge in [-0.3, -0.25) is 4.79 Å². The largest absolute Gasteiger partial charge is 0.481 e. The quantitative estimate of drug-likeness (QED) is 0.545. The molecule has 0 amide bonds. The molecule has 0 heterocycles. The molecule has 0 saturated carbocycles. The minimum atomic E-state index is -0.815. The van der Waals surface area contributed by atoms with Crippen LogP contribution in [0.2, 0.25) is 0 Å². The lowest BCUT2D eigenvalue weighted by molar-refractivity contribution is -0.139. The van der Waals surface area contributed by atoms with Gasteiger partial charge in [0.1, 0.15) is 5.82 Å². The lowest BCUT2D eigenvalue weighted by Crippen LogP contribution is -2.11. The van der Waals surface area contributed by atoms with Crippen molar-refractivity contribution in [2.45, 2.75) is 70.6 Å². The minimum absolute atomic E-state index is 0.324. The third kappa shape index (κ3) is 7.26. The first-order valence-electron chi connectivity index (χ1n) is 8.13. The van der Waals surface area contributed by atoms with E-state index in [1.165, 1.54) is 50.7 Å². The van der Waals surface area contributed by atoms with Crippen LogP contribution in [0, 0.1) is 5.82 Å². The van der Waals surface area contributed by atoms with Gasteiger partial charge in [0.25, 0.3) is 0 Å². The SMILES string of the molecule is CCCCCCCCCCC(C(=O)O)c1ccc(F)cc1. The van der Waals surface area contributed by atoms with Crippen LogP contribution in [0.25, 0.3) is 0 Å². The second-order valence-corrected chi connectivity index (χ2v) is 5.71. The number of unbranched alkanes of at least 4 members (excludes halogenated alkanes) is 7. The topological polar surface area (TPSA) is 37.3 Å². The fourth-order valence-corrected chi connectivity index (χ4v) is 2.61. The zero-order valence-corrected chi connectivity index (χ0v) is 13.0. The Kier molecular flexibility index (Phi) is 8.72. The maximum absolute atomic E-state index is 12.9. The van der Waals surface area contributed by atoms with Crippen LogP contribution in [0.15, 0.2) is 24.3 Å².